The van der Waals surface area contributed by atoms with Crippen molar-refractivity contribution >= 4 is 23.3 Å². The molecule has 28 heavy (non-hydrogen) atoms. The first-order valence-electron chi connectivity index (χ1n) is 9.26. The Morgan fingerprint density at radius 2 is 1.79 bits per heavy atom. The second-order valence-corrected chi connectivity index (χ2v) is 6.33. The maximum Gasteiger partial charge on any atom is 0.306 e. The van der Waals surface area contributed by atoms with Crippen molar-refractivity contribution in [3.63, 3.8) is 0 Å². The largest absolute Gasteiger partial charge is 0.494 e. The second-order valence-electron chi connectivity index (χ2n) is 6.33. The number of ketones is 1. The molecule has 6 heteroatoms. The average molecular weight is 383 g/mol. The molecule has 2 rings (SSSR count). The number of hydrogen-bond donors (Lipinski definition) is 1. The van der Waals surface area contributed by atoms with Crippen molar-refractivity contribution in [3.8, 4) is 5.75 Å². The van der Waals surface area contributed by atoms with E-state index in [4.69, 9.17) is 9.47 Å². The van der Waals surface area contributed by atoms with Gasteiger partial charge in [0.25, 0.3) is 0 Å². The molecular weight excluding hydrogens is 358 g/mol. The summed E-state index contributed by atoms with van der Waals surface area (Å²) in [4.78, 5) is 35.2. The van der Waals surface area contributed by atoms with Crippen LogP contribution in [0.25, 0.3) is 0 Å². The van der Waals surface area contributed by atoms with Gasteiger partial charge in [0, 0.05) is 24.1 Å². The summed E-state index contributed by atoms with van der Waals surface area (Å²) in [6.07, 6.45) is 1.07. The molecule has 0 bridgehead atoms. The number of hydrogen-bond acceptors (Lipinski definition) is 5. The van der Waals surface area contributed by atoms with Crippen molar-refractivity contribution in [3.05, 3.63) is 59.7 Å². The average Bonchev–Trinajstić information content (AvgIpc) is 2.70. The van der Waals surface area contributed by atoms with E-state index in [1.165, 1.54) is 0 Å². The summed E-state index contributed by atoms with van der Waals surface area (Å²) in [6, 6.07) is 14.2. The fourth-order valence-corrected chi connectivity index (χ4v) is 2.40. The highest BCUT2D eigenvalue weighted by molar-refractivity contribution is 5.98. The topological polar surface area (TPSA) is 81.7 Å². The molecule has 0 radical (unpaired) electrons. The minimum atomic E-state index is -0.437. The smallest absolute Gasteiger partial charge is 0.306 e. The zero-order chi connectivity index (χ0) is 20.4. The quantitative estimate of drug-likeness (QED) is 0.382. The first kappa shape index (κ1) is 21.2. The Balaban J connectivity index is 1.67. The van der Waals surface area contributed by atoms with E-state index in [9.17, 15) is 14.4 Å². The fourth-order valence-electron chi connectivity index (χ4n) is 2.40. The lowest BCUT2D eigenvalue weighted by Gasteiger charge is -2.08. The van der Waals surface area contributed by atoms with Crippen molar-refractivity contribution in [2.75, 3.05) is 18.5 Å². The maximum atomic E-state index is 12.1. The number of anilines is 1. The number of nitrogens with one attached hydrogen (secondary N) is 1. The first-order valence-corrected chi connectivity index (χ1v) is 9.26. The molecule has 0 spiro atoms. The standard InChI is InChI=1S/C22H25NO5/c1-3-21(25)23-18-11-9-17(10-12-18)20(24)15-28-22(26)8-5-13-27-19-7-4-6-16(2)14-19/h4,6-7,9-12,14H,3,5,8,13,15H2,1-2H3,(H,23,25). The van der Waals surface area contributed by atoms with Crippen LogP contribution in [0.2, 0.25) is 0 Å². The highest BCUT2D eigenvalue weighted by Crippen LogP contribution is 2.13. The van der Waals surface area contributed by atoms with Gasteiger partial charge in [0.1, 0.15) is 5.75 Å². The van der Waals surface area contributed by atoms with Crippen molar-refractivity contribution in [1.29, 1.82) is 0 Å². The van der Waals surface area contributed by atoms with Gasteiger partial charge in [-0.1, -0.05) is 19.1 Å². The SMILES string of the molecule is CCC(=O)Nc1ccc(C(=O)COC(=O)CCCOc2cccc(C)c2)cc1. The second kappa shape index (κ2) is 10.9. The van der Waals surface area contributed by atoms with Gasteiger partial charge in [-0.05, 0) is 55.3 Å². The van der Waals surface area contributed by atoms with Crippen LogP contribution < -0.4 is 10.1 Å². The van der Waals surface area contributed by atoms with E-state index >= 15 is 0 Å². The number of benzene rings is 2. The molecule has 0 unspecified atom stereocenters. The van der Waals surface area contributed by atoms with Crippen LogP contribution in [-0.4, -0.2) is 30.9 Å². The zero-order valence-electron chi connectivity index (χ0n) is 16.2. The molecule has 148 valence electrons. The lowest BCUT2D eigenvalue weighted by atomic mass is 10.1. The van der Waals surface area contributed by atoms with Gasteiger partial charge in [0.2, 0.25) is 5.91 Å². The van der Waals surface area contributed by atoms with Crippen LogP contribution in [0.3, 0.4) is 0 Å². The highest BCUT2D eigenvalue weighted by Gasteiger charge is 2.10. The van der Waals surface area contributed by atoms with Crippen LogP contribution in [0.5, 0.6) is 5.75 Å². The number of amides is 1. The third kappa shape index (κ3) is 7.23. The Bertz CT molecular complexity index is 814. The summed E-state index contributed by atoms with van der Waals surface area (Å²) in [5.41, 5.74) is 2.15. The molecule has 0 aliphatic rings. The van der Waals surface area contributed by atoms with Crippen molar-refractivity contribution in [2.45, 2.75) is 33.1 Å². The van der Waals surface area contributed by atoms with Gasteiger partial charge >= 0.3 is 5.97 Å². The predicted octanol–water partition coefficient (Wildman–Crippen LogP) is 3.93. The van der Waals surface area contributed by atoms with E-state index in [0.29, 0.717) is 30.7 Å². The number of Topliss-reactive ketones (excluding diaryl/α,β-unsaturated/α-hetero) is 1. The number of esters is 1. The Hall–Kier alpha value is -3.15. The van der Waals surface area contributed by atoms with E-state index in [-0.39, 0.29) is 24.7 Å². The summed E-state index contributed by atoms with van der Waals surface area (Å²) < 4.78 is 10.6. The van der Waals surface area contributed by atoms with E-state index in [1.807, 2.05) is 31.2 Å². The molecule has 2 aromatic carbocycles. The summed E-state index contributed by atoms with van der Waals surface area (Å²) >= 11 is 0. The summed E-state index contributed by atoms with van der Waals surface area (Å²) in [6.45, 7) is 3.84. The molecular formula is C22H25NO5. The minimum Gasteiger partial charge on any atom is -0.494 e. The maximum absolute atomic E-state index is 12.1. The predicted molar refractivity (Wildman–Crippen MR) is 107 cm³/mol. The van der Waals surface area contributed by atoms with E-state index < -0.39 is 5.97 Å². The number of rotatable bonds is 10. The van der Waals surface area contributed by atoms with E-state index in [0.717, 1.165) is 11.3 Å². The molecule has 1 amide bonds. The molecule has 0 heterocycles. The van der Waals surface area contributed by atoms with Gasteiger partial charge < -0.3 is 14.8 Å². The third-order valence-electron chi connectivity index (χ3n) is 3.96. The van der Waals surface area contributed by atoms with Gasteiger partial charge in [-0.3, -0.25) is 14.4 Å². The van der Waals surface area contributed by atoms with Crippen molar-refractivity contribution in [2.24, 2.45) is 0 Å². The normalized spacial score (nSPS) is 10.2. The molecule has 0 atom stereocenters. The van der Waals surface area contributed by atoms with Gasteiger partial charge in [-0.25, -0.2) is 0 Å². The van der Waals surface area contributed by atoms with E-state index in [1.54, 1.807) is 31.2 Å². The van der Waals surface area contributed by atoms with Gasteiger partial charge in [-0.2, -0.15) is 0 Å². The van der Waals surface area contributed by atoms with E-state index in [2.05, 4.69) is 5.32 Å². The van der Waals surface area contributed by atoms with Gasteiger partial charge in [0.05, 0.1) is 6.61 Å². The number of ether oxygens (including phenoxy) is 2. The highest BCUT2D eigenvalue weighted by atomic mass is 16.5. The molecule has 0 aromatic heterocycles. The third-order valence-corrected chi connectivity index (χ3v) is 3.96. The lowest BCUT2D eigenvalue weighted by molar-refractivity contribution is -0.142. The summed E-state index contributed by atoms with van der Waals surface area (Å²) in [7, 11) is 0. The zero-order valence-corrected chi connectivity index (χ0v) is 16.2. The first-order chi connectivity index (χ1) is 13.5. The van der Waals surface area contributed by atoms with Crippen LogP contribution in [-0.2, 0) is 14.3 Å². The molecule has 0 aliphatic carbocycles. The molecule has 1 N–H and O–H groups in total. The number of carbonyl (C=O) groups excluding carboxylic acids is 3. The molecule has 6 nitrogen and oxygen atoms in total. The number of aryl methyl sites for hydroxylation is 1. The van der Waals surface area contributed by atoms with Gasteiger partial charge in [0.15, 0.2) is 12.4 Å². The lowest BCUT2D eigenvalue weighted by Crippen LogP contribution is -2.15. The van der Waals surface area contributed by atoms with Crippen LogP contribution in [0.4, 0.5) is 5.69 Å². The van der Waals surface area contributed by atoms with Crippen LogP contribution in [0, 0.1) is 6.92 Å². The summed E-state index contributed by atoms with van der Waals surface area (Å²) in [5.74, 6) is -0.0627. The Labute approximate surface area is 164 Å². The van der Waals surface area contributed by atoms with Gasteiger partial charge in [-0.15, -0.1) is 0 Å². The number of carbonyl (C=O) groups is 3. The van der Waals surface area contributed by atoms with Crippen molar-refractivity contribution in [1.82, 2.24) is 0 Å². The van der Waals surface area contributed by atoms with Crippen LogP contribution in [0.1, 0.15) is 42.1 Å². The summed E-state index contributed by atoms with van der Waals surface area (Å²) in [5, 5.41) is 2.70. The Morgan fingerprint density at radius 3 is 2.46 bits per heavy atom. The fraction of sp³-hybridized carbons (Fsp3) is 0.318. The minimum absolute atomic E-state index is 0.0978. The van der Waals surface area contributed by atoms with Crippen molar-refractivity contribution < 1.29 is 23.9 Å². The monoisotopic (exact) mass is 383 g/mol. The molecule has 0 fully saturated rings. The molecule has 0 saturated heterocycles. The van der Waals surface area contributed by atoms with Crippen LogP contribution >= 0.6 is 0 Å². The Morgan fingerprint density at radius 1 is 1.04 bits per heavy atom. The molecule has 0 aliphatic heterocycles. The Kier molecular flexibility index (Phi) is 8.21. The molecule has 0 saturated carbocycles. The molecule has 2 aromatic rings. The van der Waals surface area contributed by atoms with Crippen LogP contribution in [0.15, 0.2) is 48.5 Å².